The van der Waals surface area contributed by atoms with E-state index in [9.17, 15) is 13.2 Å². The Bertz CT molecular complexity index is 1310. The molecule has 0 aliphatic carbocycles. The number of methoxy groups -OCH3 is 2. The van der Waals surface area contributed by atoms with Crippen LogP contribution in [0, 0.1) is 6.92 Å². The first-order valence-electron chi connectivity index (χ1n) is 10.6. The van der Waals surface area contributed by atoms with Gasteiger partial charge in [0, 0.05) is 23.2 Å². The first kappa shape index (κ1) is 26.2. The number of rotatable bonds is 10. The van der Waals surface area contributed by atoms with E-state index in [1.807, 2.05) is 31.2 Å². The van der Waals surface area contributed by atoms with Crippen molar-refractivity contribution in [2.45, 2.75) is 18.4 Å². The summed E-state index contributed by atoms with van der Waals surface area (Å²) in [5.41, 5.74) is 4.73. The number of nitrogens with zero attached hydrogens (tertiary/aromatic N) is 2. The highest BCUT2D eigenvalue weighted by Crippen LogP contribution is 2.23. The predicted octanol–water partition coefficient (Wildman–Crippen LogP) is 4.01. The normalized spacial score (nSPS) is 11.6. The van der Waals surface area contributed by atoms with Gasteiger partial charge >= 0.3 is 0 Å². The van der Waals surface area contributed by atoms with Gasteiger partial charge in [-0.05, 0) is 48.9 Å². The zero-order chi connectivity index (χ0) is 25.4. The largest absolute Gasteiger partial charge is 0.497 e. The molecule has 1 N–H and O–H groups in total. The van der Waals surface area contributed by atoms with Gasteiger partial charge in [0.25, 0.3) is 5.91 Å². The quantitative estimate of drug-likeness (QED) is 0.325. The number of nitrogens with one attached hydrogen (secondary N) is 1. The Balaban J connectivity index is 1.79. The highest BCUT2D eigenvalue weighted by atomic mass is 35.5. The van der Waals surface area contributed by atoms with Crippen LogP contribution in [0.15, 0.2) is 76.7 Å². The Morgan fingerprint density at radius 3 is 2.46 bits per heavy atom. The van der Waals surface area contributed by atoms with E-state index in [0.717, 1.165) is 15.4 Å². The van der Waals surface area contributed by atoms with Gasteiger partial charge in [-0.2, -0.15) is 9.41 Å². The van der Waals surface area contributed by atoms with Crippen LogP contribution in [0.1, 0.15) is 16.7 Å². The summed E-state index contributed by atoms with van der Waals surface area (Å²) in [6.07, 6.45) is 1.41. The van der Waals surface area contributed by atoms with Gasteiger partial charge in [0.1, 0.15) is 11.5 Å². The fourth-order valence-corrected chi connectivity index (χ4v) is 4.80. The van der Waals surface area contributed by atoms with Crippen molar-refractivity contribution in [1.82, 2.24) is 9.73 Å². The Morgan fingerprint density at radius 2 is 1.80 bits per heavy atom. The Hall–Kier alpha value is -3.40. The van der Waals surface area contributed by atoms with Crippen molar-refractivity contribution in [2.24, 2.45) is 5.10 Å². The van der Waals surface area contributed by atoms with E-state index >= 15 is 0 Å². The third kappa shape index (κ3) is 7.05. The van der Waals surface area contributed by atoms with Crippen molar-refractivity contribution in [3.05, 3.63) is 88.4 Å². The number of halogens is 1. The first-order chi connectivity index (χ1) is 16.7. The summed E-state index contributed by atoms with van der Waals surface area (Å²) in [5.74, 6) is 0.523. The minimum Gasteiger partial charge on any atom is -0.497 e. The van der Waals surface area contributed by atoms with E-state index in [0.29, 0.717) is 22.1 Å². The molecule has 0 aliphatic rings. The molecule has 184 valence electrons. The van der Waals surface area contributed by atoms with Crippen molar-refractivity contribution in [2.75, 3.05) is 20.8 Å². The van der Waals surface area contributed by atoms with Gasteiger partial charge < -0.3 is 9.47 Å². The molecule has 0 heterocycles. The fourth-order valence-electron chi connectivity index (χ4n) is 3.29. The van der Waals surface area contributed by atoms with Crippen molar-refractivity contribution in [3.63, 3.8) is 0 Å². The van der Waals surface area contributed by atoms with Crippen molar-refractivity contribution in [3.8, 4) is 11.5 Å². The molecule has 3 rings (SSSR count). The highest BCUT2D eigenvalue weighted by molar-refractivity contribution is 7.89. The number of amides is 1. The van der Waals surface area contributed by atoms with E-state index < -0.39 is 22.5 Å². The molecule has 0 saturated heterocycles. The molecule has 0 unspecified atom stereocenters. The smallest absolute Gasteiger partial charge is 0.255 e. The molecule has 0 spiro atoms. The molecule has 8 nitrogen and oxygen atoms in total. The van der Waals surface area contributed by atoms with Crippen LogP contribution < -0.4 is 14.9 Å². The van der Waals surface area contributed by atoms with Crippen LogP contribution >= 0.6 is 11.6 Å². The third-order valence-electron chi connectivity index (χ3n) is 5.05. The topological polar surface area (TPSA) is 97.3 Å². The minimum atomic E-state index is -3.99. The molecule has 0 aliphatic heterocycles. The lowest BCUT2D eigenvalue weighted by Gasteiger charge is -2.21. The molecular formula is C25H26ClN3O5S. The fraction of sp³-hybridized carbons (Fsp3) is 0.200. The average molecular weight is 516 g/mol. The van der Waals surface area contributed by atoms with E-state index in [2.05, 4.69) is 10.5 Å². The standard InChI is InChI=1S/C25H26ClN3O5S/c1-18-5-4-6-19(13-18)16-29(35(31,32)23-11-8-21(26)9-12-23)17-25(30)28-27-15-20-7-10-22(33-2)14-24(20)34-3/h4-15H,16-17H2,1-3H3,(H,28,30)/b27-15-. The summed E-state index contributed by atoms with van der Waals surface area (Å²) >= 11 is 5.91. The SMILES string of the molecule is COc1ccc(/C=N\NC(=O)CN(Cc2cccc(C)c2)S(=O)(=O)c2ccc(Cl)cc2)c(OC)c1. The number of hydrogen-bond acceptors (Lipinski definition) is 6. The predicted molar refractivity (Wildman–Crippen MR) is 136 cm³/mol. The van der Waals surface area contributed by atoms with E-state index in [-0.39, 0.29) is 11.4 Å². The molecule has 0 fully saturated rings. The number of hydrogen-bond donors (Lipinski definition) is 1. The second-order valence-electron chi connectivity index (χ2n) is 7.62. The maximum atomic E-state index is 13.3. The molecule has 35 heavy (non-hydrogen) atoms. The maximum Gasteiger partial charge on any atom is 0.255 e. The lowest BCUT2D eigenvalue weighted by molar-refractivity contribution is -0.121. The summed E-state index contributed by atoms with van der Waals surface area (Å²) in [5, 5.41) is 4.37. The Labute approximate surface area is 210 Å². The number of carbonyl (C=O) groups is 1. The monoisotopic (exact) mass is 515 g/mol. The van der Waals surface area contributed by atoms with Crippen LogP contribution in [0.2, 0.25) is 5.02 Å². The number of hydrazone groups is 1. The molecular weight excluding hydrogens is 490 g/mol. The van der Waals surface area contributed by atoms with E-state index in [1.165, 1.54) is 37.6 Å². The van der Waals surface area contributed by atoms with Gasteiger partial charge in [-0.1, -0.05) is 41.4 Å². The average Bonchev–Trinajstić information content (AvgIpc) is 2.84. The van der Waals surface area contributed by atoms with Gasteiger partial charge in [-0.25, -0.2) is 13.8 Å². The third-order valence-corrected chi connectivity index (χ3v) is 7.10. The number of carbonyl (C=O) groups excluding carboxylic acids is 1. The van der Waals surface area contributed by atoms with Gasteiger partial charge in [0.15, 0.2) is 0 Å². The van der Waals surface area contributed by atoms with Gasteiger partial charge in [-0.15, -0.1) is 0 Å². The number of sulfonamides is 1. The summed E-state index contributed by atoms with van der Waals surface area (Å²) < 4.78 is 38.3. The van der Waals surface area contributed by atoms with Crippen LogP contribution in [0.3, 0.4) is 0 Å². The summed E-state index contributed by atoms with van der Waals surface area (Å²) in [4.78, 5) is 12.7. The maximum absolute atomic E-state index is 13.3. The lowest BCUT2D eigenvalue weighted by atomic mass is 10.1. The summed E-state index contributed by atoms with van der Waals surface area (Å²) in [6.45, 7) is 1.49. The zero-order valence-electron chi connectivity index (χ0n) is 19.6. The highest BCUT2D eigenvalue weighted by Gasteiger charge is 2.27. The van der Waals surface area contributed by atoms with Crippen molar-refractivity contribution >= 4 is 33.7 Å². The van der Waals surface area contributed by atoms with E-state index in [1.54, 1.807) is 25.3 Å². The number of benzene rings is 3. The summed E-state index contributed by atoms with van der Waals surface area (Å²) in [7, 11) is -0.937. The van der Waals surface area contributed by atoms with Gasteiger partial charge in [-0.3, -0.25) is 4.79 Å². The Morgan fingerprint density at radius 1 is 1.06 bits per heavy atom. The molecule has 0 radical (unpaired) electrons. The van der Waals surface area contributed by atoms with Crippen molar-refractivity contribution < 1.29 is 22.7 Å². The van der Waals surface area contributed by atoms with Crippen LogP contribution in [0.25, 0.3) is 0 Å². The number of ether oxygens (including phenoxy) is 2. The zero-order valence-corrected chi connectivity index (χ0v) is 21.1. The Kier molecular flexibility index (Phi) is 8.86. The summed E-state index contributed by atoms with van der Waals surface area (Å²) in [6, 6.07) is 18.4. The molecule has 10 heteroatoms. The second kappa shape index (κ2) is 11.8. The van der Waals surface area contributed by atoms with E-state index in [4.69, 9.17) is 21.1 Å². The lowest BCUT2D eigenvalue weighted by Crippen LogP contribution is -2.39. The van der Waals surface area contributed by atoms with Crippen LogP contribution in [-0.2, 0) is 21.4 Å². The molecule has 0 bridgehead atoms. The molecule has 3 aromatic carbocycles. The van der Waals surface area contributed by atoms with Crippen LogP contribution in [-0.4, -0.2) is 45.6 Å². The van der Waals surface area contributed by atoms with Crippen molar-refractivity contribution in [1.29, 1.82) is 0 Å². The van der Waals surface area contributed by atoms with Crippen LogP contribution in [0.4, 0.5) is 0 Å². The van der Waals surface area contributed by atoms with Crippen LogP contribution in [0.5, 0.6) is 11.5 Å². The molecule has 0 atom stereocenters. The second-order valence-corrected chi connectivity index (χ2v) is 9.99. The van der Waals surface area contributed by atoms with Gasteiger partial charge in [0.2, 0.25) is 10.0 Å². The molecule has 3 aromatic rings. The molecule has 0 aromatic heterocycles. The first-order valence-corrected chi connectivity index (χ1v) is 12.4. The van der Waals surface area contributed by atoms with Gasteiger partial charge in [0.05, 0.1) is 31.9 Å². The molecule has 0 saturated carbocycles. The number of aryl methyl sites for hydroxylation is 1. The minimum absolute atomic E-state index is 0.01000. The molecule has 1 amide bonds.